The highest BCUT2D eigenvalue weighted by Crippen LogP contribution is 2.42. The first-order chi connectivity index (χ1) is 17.7. The van der Waals surface area contributed by atoms with Crippen molar-refractivity contribution in [3.05, 3.63) is 77.0 Å². The first-order valence-electron chi connectivity index (χ1n) is 13.2. The van der Waals surface area contributed by atoms with E-state index >= 15 is 0 Å². The van der Waals surface area contributed by atoms with Crippen molar-refractivity contribution in [2.24, 2.45) is 0 Å². The Morgan fingerprint density at radius 3 is 2.75 bits per heavy atom. The second kappa shape index (κ2) is 8.80. The zero-order valence-electron chi connectivity index (χ0n) is 20.3. The summed E-state index contributed by atoms with van der Waals surface area (Å²) in [6.45, 7) is 0. The van der Waals surface area contributed by atoms with Crippen LogP contribution in [0.15, 0.2) is 54.5 Å². The largest absolute Gasteiger partial charge is 0.351 e. The number of hydrogen-bond donors (Lipinski definition) is 1. The molecule has 0 amide bonds. The molecule has 7 rings (SSSR count). The summed E-state index contributed by atoms with van der Waals surface area (Å²) >= 11 is 0. The first-order valence-corrected chi connectivity index (χ1v) is 13.2. The van der Waals surface area contributed by atoms with Crippen LogP contribution in [-0.4, -0.2) is 30.6 Å². The molecule has 0 unspecified atom stereocenters. The average Bonchev–Trinajstić information content (AvgIpc) is 3.51. The lowest BCUT2D eigenvalue weighted by Gasteiger charge is -2.26. The van der Waals surface area contributed by atoms with Gasteiger partial charge in [0.2, 0.25) is 5.95 Å². The number of rotatable bonds is 4. The van der Waals surface area contributed by atoms with E-state index in [1.54, 1.807) is 11.8 Å². The van der Waals surface area contributed by atoms with Gasteiger partial charge in [0.15, 0.2) is 11.5 Å². The molecule has 0 spiro atoms. The number of nitrogens with one attached hydrogen (secondary N) is 1. The van der Waals surface area contributed by atoms with Crippen LogP contribution in [-0.2, 0) is 6.42 Å². The maximum Gasteiger partial charge on any atom is 0.228 e. The minimum Gasteiger partial charge on any atom is -0.351 e. The highest BCUT2D eigenvalue weighted by Gasteiger charge is 2.29. The predicted molar refractivity (Wildman–Crippen MR) is 138 cm³/mol. The summed E-state index contributed by atoms with van der Waals surface area (Å²) in [5, 5.41) is 8.45. The Hall–Kier alpha value is -3.61. The zero-order valence-corrected chi connectivity index (χ0v) is 20.3. The van der Waals surface area contributed by atoms with Crippen LogP contribution >= 0.6 is 0 Å². The summed E-state index contributed by atoms with van der Waals surface area (Å²) in [6.07, 6.45) is 15.1. The molecule has 182 valence electrons. The van der Waals surface area contributed by atoms with E-state index in [2.05, 4.69) is 34.6 Å². The van der Waals surface area contributed by atoms with E-state index in [9.17, 15) is 4.39 Å². The van der Waals surface area contributed by atoms with Crippen molar-refractivity contribution in [3.63, 3.8) is 0 Å². The Labute approximate surface area is 209 Å². The number of allylic oxidation sites excluding steroid dienone is 1. The minimum atomic E-state index is -0.391. The molecular formula is C29H29FN6. The van der Waals surface area contributed by atoms with Crippen molar-refractivity contribution in [2.75, 3.05) is 5.32 Å². The van der Waals surface area contributed by atoms with E-state index in [4.69, 9.17) is 15.1 Å². The molecule has 0 aliphatic heterocycles. The highest BCUT2D eigenvalue weighted by atomic mass is 19.1. The van der Waals surface area contributed by atoms with Crippen LogP contribution in [0.4, 0.5) is 10.3 Å². The van der Waals surface area contributed by atoms with Crippen LogP contribution in [0.2, 0.25) is 0 Å². The second-order valence-corrected chi connectivity index (χ2v) is 10.4. The number of anilines is 1. The van der Waals surface area contributed by atoms with E-state index < -0.39 is 5.82 Å². The third-order valence-electron chi connectivity index (χ3n) is 8.15. The Morgan fingerprint density at radius 1 is 0.972 bits per heavy atom. The zero-order chi connectivity index (χ0) is 24.1. The molecular weight excluding hydrogens is 451 g/mol. The summed E-state index contributed by atoms with van der Waals surface area (Å²) < 4.78 is 15.9. The minimum absolute atomic E-state index is 0.244. The van der Waals surface area contributed by atoms with Gasteiger partial charge in [-0.2, -0.15) is 14.6 Å². The van der Waals surface area contributed by atoms with Gasteiger partial charge in [0.25, 0.3) is 0 Å². The van der Waals surface area contributed by atoms with E-state index in [-0.39, 0.29) is 6.04 Å². The van der Waals surface area contributed by atoms with Crippen molar-refractivity contribution < 1.29 is 4.39 Å². The van der Waals surface area contributed by atoms with Crippen molar-refractivity contribution in [2.45, 2.75) is 69.7 Å². The summed E-state index contributed by atoms with van der Waals surface area (Å²) in [5.74, 6) is 1.21. The summed E-state index contributed by atoms with van der Waals surface area (Å²) in [4.78, 5) is 13.8. The Bertz CT molecular complexity index is 1480. The van der Waals surface area contributed by atoms with Gasteiger partial charge in [0.1, 0.15) is 5.82 Å². The number of benzene rings is 1. The maximum absolute atomic E-state index is 14.0. The van der Waals surface area contributed by atoms with Gasteiger partial charge >= 0.3 is 0 Å². The molecule has 0 radical (unpaired) electrons. The molecule has 0 saturated heterocycles. The fraction of sp³-hybridized carbons (Fsp3) is 0.379. The van der Waals surface area contributed by atoms with E-state index in [1.807, 2.05) is 10.7 Å². The van der Waals surface area contributed by atoms with Crippen LogP contribution in [0, 0.1) is 5.82 Å². The van der Waals surface area contributed by atoms with Gasteiger partial charge in [-0.25, -0.2) is 9.37 Å². The molecule has 4 aromatic rings. The van der Waals surface area contributed by atoms with E-state index in [0.717, 1.165) is 44.2 Å². The third-order valence-corrected chi connectivity index (χ3v) is 8.15. The Balaban J connectivity index is 1.27. The van der Waals surface area contributed by atoms with Crippen LogP contribution in [0.25, 0.3) is 22.6 Å². The van der Waals surface area contributed by atoms with Crippen LogP contribution in [0.5, 0.6) is 0 Å². The van der Waals surface area contributed by atoms with Gasteiger partial charge in [-0.15, -0.1) is 0 Å². The van der Waals surface area contributed by atoms with Gasteiger partial charge in [0, 0.05) is 23.4 Å². The molecule has 1 atom stereocenters. The lowest BCUT2D eigenvalue weighted by atomic mass is 9.85. The molecule has 7 heteroatoms. The molecule has 36 heavy (non-hydrogen) atoms. The monoisotopic (exact) mass is 480 g/mol. The molecule has 3 aliphatic carbocycles. The number of halogens is 1. The van der Waals surface area contributed by atoms with Gasteiger partial charge in [-0.1, -0.05) is 49.1 Å². The van der Waals surface area contributed by atoms with Crippen LogP contribution in [0.3, 0.4) is 0 Å². The lowest BCUT2D eigenvalue weighted by Crippen LogP contribution is -2.25. The molecule has 1 aromatic carbocycles. The van der Waals surface area contributed by atoms with Gasteiger partial charge in [-0.3, -0.25) is 4.98 Å². The first kappa shape index (κ1) is 21.7. The van der Waals surface area contributed by atoms with Gasteiger partial charge < -0.3 is 5.32 Å². The van der Waals surface area contributed by atoms with Crippen molar-refractivity contribution >= 4 is 17.2 Å². The summed E-state index contributed by atoms with van der Waals surface area (Å²) in [7, 11) is 0. The summed E-state index contributed by atoms with van der Waals surface area (Å²) in [6, 6.07) is 10.5. The predicted octanol–water partition coefficient (Wildman–Crippen LogP) is 6.35. The number of hydrogen-bond acceptors (Lipinski definition) is 5. The smallest absolute Gasteiger partial charge is 0.228 e. The molecule has 1 saturated carbocycles. The lowest BCUT2D eigenvalue weighted by molar-refractivity contribution is 0.445. The van der Waals surface area contributed by atoms with E-state index in [1.165, 1.54) is 53.8 Å². The normalized spacial score (nSPS) is 20.0. The topological polar surface area (TPSA) is 68.0 Å². The fourth-order valence-electron chi connectivity index (χ4n) is 6.34. The standard InChI is InChI=1S/C29H29FN6/c30-22-13-21(15-31-16-22)27-34-28-26(18-6-2-1-3-7-18)17-32-36(28)29(35-27)33-23-11-10-20-12-19-8-4-5-9-24(19)25(20)14-23/h4-5,8-9,13,15-18,23H,1-3,6-7,10-12,14H2,(H,33,34,35)/t23-/m1/s1. The molecule has 0 bridgehead atoms. The fourth-order valence-corrected chi connectivity index (χ4v) is 6.34. The van der Waals surface area contributed by atoms with Crippen molar-refractivity contribution in [1.82, 2.24) is 24.6 Å². The van der Waals surface area contributed by atoms with Gasteiger partial charge in [-0.05, 0) is 67.2 Å². The molecule has 3 aliphatic rings. The number of aromatic nitrogens is 5. The number of pyridine rings is 1. The van der Waals surface area contributed by atoms with E-state index in [0.29, 0.717) is 23.3 Å². The van der Waals surface area contributed by atoms with Crippen molar-refractivity contribution in [3.8, 4) is 11.4 Å². The molecule has 6 nitrogen and oxygen atoms in total. The Kier molecular flexibility index (Phi) is 5.29. The summed E-state index contributed by atoms with van der Waals surface area (Å²) in [5.41, 5.74) is 8.47. The molecule has 3 heterocycles. The molecule has 1 N–H and O–H groups in total. The van der Waals surface area contributed by atoms with Crippen LogP contribution < -0.4 is 5.32 Å². The quantitative estimate of drug-likeness (QED) is 0.369. The third kappa shape index (κ3) is 3.77. The molecule has 3 aromatic heterocycles. The second-order valence-electron chi connectivity index (χ2n) is 10.4. The average molecular weight is 481 g/mol. The van der Waals surface area contributed by atoms with Crippen molar-refractivity contribution in [1.29, 1.82) is 0 Å². The van der Waals surface area contributed by atoms with Crippen LogP contribution in [0.1, 0.15) is 74.0 Å². The SMILES string of the molecule is Fc1cncc(-c2nc(N[C@@H]3CCC4=C(C3)c3ccccc3C4)n3ncc(C4CCCCC4)c3n2)c1. The molecule has 1 fully saturated rings. The number of fused-ring (bicyclic) bond motifs is 3. The highest BCUT2D eigenvalue weighted by molar-refractivity contribution is 5.77. The maximum atomic E-state index is 14.0. The van der Waals surface area contributed by atoms with Gasteiger partial charge in [0.05, 0.1) is 12.4 Å². The Morgan fingerprint density at radius 2 is 1.86 bits per heavy atom. The number of nitrogens with zero attached hydrogens (tertiary/aromatic N) is 5.